The van der Waals surface area contributed by atoms with E-state index in [9.17, 15) is 9.59 Å². The van der Waals surface area contributed by atoms with E-state index >= 15 is 0 Å². The molecule has 2 atom stereocenters. The third-order valence-electron chi connectivity index (χ3n) is 6.17. The predicted octanol–water partition coefficient (Wildman–Crippen LogP) is 5.15. The van der Waals surface area contributed by atoms with Crippen LogP contribution < -0.4 is 5.32 Å². The Kier molecular flexibility index (Phi) is 5.38. The molecule has 4 rings (SSSR count). The molecular weight excluding hydrogens is 386 g/mol. The fourth-order valence-corrected chi connectivity index (χ4v) is 4.82. The SMILES string of the molecule is CC1=C(C(=O)Nc2cccc(C)n2)[C@@H](c2ccc(C)cc2)C2C(=O)CC(C)(C)CC2=N1. The molecule has 1 aliphatic carbocycles. The maximum Gasteiger partial charge on any atom is 0.255 e. The van der Waals surface area contributed by atoms with Crippen molar-refractivity contribution in [1.82, 2.24) is 4.98 Å². The number of aryl methyl sites for hydroxylation is 2. The Morgan fingerprint density at radius 3 is 2.39 bits per heavy atom. The number of rotatable bonds is 3. The molecule has 1 saturated carbocycles. The lowest BCUT2D eigenvalue weighted by Gasteiger charge is -2.41. The van der Waals surface area contributed by atoms with Crippen LogP contribution in [0, 0.1) is 25.2 Å². The van der Waals surface area contributed by atoms with Gasteiger partial charge in [-0.05, 0) is 50.3 Å². The summed E-state index contributed by atoms with van der Waals surface area (Å²) in [5.41, 5.74) is 4.94. The highest BCUT2D eigenvalue weighted by atomic mass is 16.2. The van der Waals surface area contributed by atoms with Crippen molar-refractivity contribution in [3.8, 4) is 0 Å². The van der Waals surface area contributed by atoms with Crippen LogP contribution in [0.5, 0.6) is 0 Å². The molecule has 31 heavy (non-hydrogen) atoms. The first-order chi connectivity index (χ1) is 14.6. The summed E-state index contributed by atoms with van der Waals surface area (Å²) < 4.78 is 0. The van der Waals surface area contributed by atoms with Crippen LogP contribution in [0.25, 0.3) is 0 Å². The summed E-state index contributed by atoms with van der Waals surface area (Å²) in [6.07, 6.45) is 1.25. The predicted molar refractivity (Wildman–Crippen MR) is 123 cm³/mol. The van der Waals surface area contributed by atoms with Crippen molar-refractivity contribution in [2.45, 2.75) is 53.4 Å². The minimum atomic E-state index is -0.398. The Hall–Kier alpha value is -3.08. The number of allylic oxidation sites excluding steroid dienone is 1. The number of Topliss-reactive ketones (excluding diaryl/α,β-unsaturated/α-hetero) is 1. The molecule has 0 bridgehead atoms. The molecule has 1 aliphatic heterocycles. The van der Waals surface area contributed by atoms with Crippen LogP contribution in [0.2, 0.25) is 0 Å². The van der Waals surface area contributed by atoms with E-state index < -0.39 is 5.92 Å². The number of nitrogens with one attached hydrogen (secondary N) is 1. The van der Waals surface area contributed by atoms with Crippen LogP contribution in [0.1, 0.15) is 56.4 Å². The molecule has 2 aliphatic rings. The molecule has 2 aromatic rings. The van der Waals surface area contributed by atoms with Crippen molar-refractivity contribution in [2.75, 3.05) is 5.32 Å². The van der Waals surface area contributed by atoms with E-state index in [1.165, 1.54) is 0 Å². The number of fused-ring (bicyclic) bond motifs is 1. The van der Waals surface area contributed by atoms with Crippen molar-refractivity contribution < 1.29 is 9.59 Å². The normalized spacial score (nSPS) is 22.6. The summed E-state index contributed by atoms with van der Waals surface area (Å²) in [4.78, 5) is 36.0. The maximum atomic E-state index is 13.5. The summed E-state index contributed by atoms with van der Waals surface area (Å²) in [6, 6.07) is 13.6. The van der Waals surface area contributed by atoms with E-state index in [0.717, 1.165) is 29.0 Å². The van der Waals surface area contributed by atoms with Gasteiger partial charge in [-0.15, -0.1) is 0 Å². The van der Waals surface area contributed by atoms with E-state index in [-0.39, 0.29) is 23.0 Å². The van der Waals surface area contributed by atoms with Gasteiger partial charge in [0.2, 0.25) is 0 Å². The van der Waals surface area contributed by atoms with Crippen molar-refractivity contribution >= 4 is 23.2 Å². The number of nitrogens with zero attached hydrogens (tertiary/aromatic N) is 2. The number of aliphatic imine (C=N–C) groups is 1. The highest BCUT2D eigenvalue weighted by molar-refractivity contribution is 6.14. The van der Waals surface area contributed by atoms with Gasteiger partial charge in [0.25, 0.3) is 5.91 Å². The maximum absolute atomic E-state index is 13.5. The van der Waals surface area contributed by atoms with Gasteiger partial charge < -0.3 is 5.32 Å². The van der Waals surface area contributed by atoms with Crippen LogP contribution in [-0.2, 0) is 9.59 Å². The van der Waals surface area contributed by atoms with Crippen LogP contribution >= 0.6 is 0 Å². The second-order valence-electron chi connectivity index (χ2n) is 9.57. The van der Waals surface area contributed by atoms with Crippen LogP contribution in [-0.4, -0.2) is 22.4 Å². The molecule has 2 heterocycles. The number of carbonyl (C=O) groups excluding carboxylic acids is 2. The zero-order chi connectivity index (χ0) is 22.3. The molecule has 1 aromatic heterocycles. The molecule has 1 unspecified atom stereocenters. The van der Waals surface area contributed by atoms with Gasteiger partial charge in [0, 0.05) is 35.0 Å². The smallest absolute Gasteiger partial charge is 0.255 e. The van der Waals surface area contributed by atoms with Gasteiger partial charge >= 0.3 is 0 Å². The number of hydrogen-bond donors (Lipinski definition) is 1. The van der Waals surface area contributed by atoms with E-state index in [2.05, 4.69) is 24.1 Å². The highest BCUT2D eigenvalue weighted by Crippen LogP contribution is 2.46. The lowest BCUT2D eigenvalue weighted by molar-refractivity contribution is -0.124. The van der Waals surface area contributed by atoms with Gasteiger partial charge in [-0.2, -0.15) is 0 Å². The largest absolute Gasteiger partial charge is 0.307 e. The quantitative estimate of drug-likeness (QED) is 0.753. The molecule has 1 fully saturated rings. The zero-order valence-electron chi connectivity index (χ0n) is 18.8. The molecule has 5 nitrogen and oxygen atoms in total. The number of amides is 1. The standard InChI is InChI=1S/C26H29N3O2/c1-15-9-11-18(12-10-15)23-22(25(31)29-21-8-6-7-16(2)27-21)17(3)28-19-13-26(4,5)14-20(30)24(19)23/h6-12,23-24H,13-14H2,1-5H3,(H,27,29,31)/t23-,24?/m1/s1. The fraction of sp³-hybridized carbons (Fsp3) is 0.385. The zero-order valence-corrected chi connectivity index (χ0v) is 18.8. The second-order valence-corrected chi connectivity index (χ2v) is 9.57. The number of carbonyl (C=O) groups is 2. The number of pyridine rings is 1. The van der Waals surface area contributed by atoms with Crippen molar-refractivity contribution in [3.05, 3.63) is 70.6 Å². The molecule has 5 heteroatoms. The third-order valence-corrected chi connectivity index (χ3v) is 6.17. The van der Waals surface area contributed by atoms with Gasteiger partial charge in [0.05, 0.1) is 5.92 Å². The van der Waals surface area contributed by atoms with E-state index in [1.807, 2.05) is 57.2 Å². The number of hydrogen-bond acceptors (Lipinski definition) is 4. The first-order valence-corrected chi connectivity index (χ1v) is 10.8. The number of benzene rings is 1. The Balaban J connectivity index is 1.81. The minimum absolute atomic E-state index is 0.115. The first kappa shape index (κ1) is 21.2. The van der Waals surface area contributed by atoms with Crippen molar-refractivity contribution in [2.24, 2.45) is 16.3 Å². The Labute approximate surface area is 183 Å². The average molecular weight is 416 g/mol. The summed E-state index contributed by atoms with van der Waals surface area (Å²) in [6.45, 7) is 10.00. The Morgan fingerprint density at radius 2 is 1.71 bits per heavy atom. The lowest BCUT2D eigenvalue weighted by Crippen LogP contribution is -2.44. The van der Waals surface area contributed by atoms with Crippen LogP contribution in [0.15, 0.2) is 58.7 Å². The summed E-state index contributed by atoms with van der Waals surface area (Å²) in [7, 11) is 0. The molecular formula is C26H29N3O2. The molecule has 0 saturated heterocycles. The van der Waals surface area contributed by atoms with Crippen LogP contribution in [0.3, 0.4) is 0 Å². The monoisotopic (exact) mass is 415 g/mol. The molecule has 1 aromatic carbocycles. The van der Waals surface area contributed by atoms with Gasteiger partial charge in [-0.1, -0.05) is 49.7 Å². The van der Waals surface area contributed by atoms with Crippen molar-refractivity contribution in [1.29, 1.82) is 0 Å². The number of aromatic nitrogens is 1. The molecule has 160 valence electrons. The van der Waals surface area contributed by atoms with Gasteiger partial charge in [-0.3, -0.25) is 14.6 Å². The average Bonchev–Trinajstić information content (AvgIpc) is 2.66. The summed E-state index contributed by atoms with van der Waals surface area (Å²) in [5.74, 6) is -0.334. The number of ketones is 1. The fourth-order valence-electron chi connectivity index (χ4n) is 4.82. The van der Waals surface area contributed by atoms with Crippen molar-refractivity contribution in [3.63, 3.8) is 0 Å². The Morgan fingerprint density at radius 1 is 1.00 bits per heavy atom. The molecule has 1 amide bonds. The van der Waals surface area contributed by atoms with E-state index in [4.69, 9.17) is 4.99 Å². The third kappa shape index (κ3) is 4.22. The lowest BCUT2D eigenvalue weighted by atomic mass is 9.63. The Bertz CT molecular complexity index is 1110. The summed E-state index contributed by atoms with van der Waals surface area (Å²) >= 11 is 0. The first-order valence-electron chi connectivity index (χ1n) is 10.8. The second kappa shape index (κ2) is 7.88. The molecule has 0 spiro atoms. The molecule has 0 radical (unpaired) electrons. The summed E-state index contributed by atoms with van der Waals surface area (Å²) in [5, 5.41) is 2.93. The molecule has 1 N–H and O–H groups in total. The van der Waals surface area contributed by atoms with Crippen LogP contribution in [0.4, 0.5) is 5.82 Å². The topological polar surface area (TPSA) is 71.4 Å². The highest BCUT2D eigenvalue weighted by Gasteiger charge is 2.47. The van der Waals surface area contributed by atoms with Gasteiger partial charge in [0.15, 0.2) is 0 Å². The minimum Gasteiger partial charge on any atom is -0.307 e. The van der Waals surface area contributed by atoms with Gasteiger partial charge in [0.1, 0.15) is 11.6 Å². The van der Waals surface area contributed by atoms with E-state index in [1.54, 1.807) is 6.07 Å². The van der Waals surface area contributed by atoms with Gasteiger partial charge in [-0.25, -0.2) is 4.98 Å². The van der Waals surface area contributed by atoms with E-state index in [0.29, 0.717) is 23.5 Å². The number of anilines is 1.